The second-order valence-corrected chi connectivity index (χ2v) is 6.08. The van der Waals surface area contributed by atoms with Gasteiger partial charge in [0, 0.05) is 22.5 Å². The zero-order valence-electron chi connectivity index (χ0n) is 10.7. The third kappa shape index (κ3) is 2.39. The van der Waals surface area contributed by atoms with Gasteiger partial charge < -0.3 is 15.4 Å². The summed E-state index contributed by atoms with van der Waals surface area (Å²) in [7, 11) is 0. The largest absolute Gasteiger partial charge is 0.388 e. The van der Waals surface area contributed by atoms with Crippen molar-refractivity contribution in [1.82, 2.24) is 10.3 Å². The van der Waals surface area contributed by atoms with E-state index in [0.717, 1.165) is 24.8 Å². The molecule has 0 radical (unpaired) electrons. The standard InChI is InChI=1S/C14H14Cl2N2O2/c15-8-2-3-10-9(6-8)11(16)12(18-10)13(19)17-7-14(20)4-1-5-14/h2-3,6,18,20H,1,4-5,7H2,(H,17,19). The SMILES string of the molecule is O=C(NCC1(O)CCC1)c1[nH]c2ccc(Cl)cc2c1Cl. The van der Waals surface area contributed by atoms with E-state index in [0.29, 0.717) is 21.1 Å². The Morgan fingerprint density at radius 3 is 2.80 bits per heavy atom. The van der Waals surface area contributed by atoms with Gasteiger partial charge in [-0.1, -0.05) is 23.2 Å². The second-order valence-electron chi connectivity index (χ2n) is 5.26. The normalized spacial score (nSPS) is 16.9. The minimum atomic E-state index is -0.753. The molecule has 3 N–H and O–H groups in total. The molecule has 1 aromatic heterocycles. The first-order chi connectivity index (χ1) is 9.48. The highest BCUT2D eigenvalue weighted by Gasteiger charge is 2.34. The Morgan fingerprint density at radius 1 is 1.40 bits per heavy atom. The summed E-state index contributed by atoms with van der Waals surface area (Å²) in [6.45, 7) is 0.248. The molecule has 4 nitrogen and oxygen atoms in total. The van der Waals surface area contributed by atoms with Crippen LogP contribution in [0.15, 0.2) is 18.2 Å². The second kappa shape index (κ2) is 4.95. The first kappa shape index (κ1) is 13.7. The molecule has 20 heavy (non-hydrogen) atoms. The van der Waals surface area contributed by atoms with Crippen molar-refractivity contribution in [3.63, 3.8) is 0 Å². The Kier molecular flexibility index (Phi) is 3.40. The molecule has 0 aliphatic heterocycles. The van der Waals surface area contributed by atoms with Gasteiger partial charge in [-0.15, -0.1) is 0 Å². The Labute approximate surface area is 126 Å². The molecular formula is C14H14Cl2N2O2. The van der Waals surface area contributed by atoms with E-state index >= 15 is 0 Å². The fourth-order valence-corrected chi connectivity index (χ4v) is 2.84. The highest BCUT2D eigenvalue weighted by molar-refractivity contribution is 6.39. The Balaban J connectivity index is 1.82. The zero-order valence-corrected chi connectivity index (χ0v) is 12.2. The van der Waals surface area contributed by atoms with E-state index < -0.39 is 5.60 Å². The van der Waals surface area contributed by atoms with E-state index in [9.17, 15) is 9.90 Å². The lowest BCUT2D eigenvalue weighted by Crippen LogP contribution is -2.47. The third-order valence-electron chi connectivity index (χ3n) is 3.79. The summed E-state index contributed by atoms with van der Waals surface area (Å²) in [5, 5.41) is 14.3. The van der Waals surface area contributed by atoms with Gasteiger partial charge in [-0.3, -0.25) is 4.79 Å². The monoisotopic (exact) mass is 312 g/mol. The molecule has 0 spiro atoms. The number of H-pyrrole nitrogens is 1. The van der Waals surface area contributed by atoms with Crippen molar-refractivity contribution in [3.05, 3.63) is 33.9 Å². The predicted octanol–water partition coefficient (Wildman–Crippen LogP) is 3.12. The van der Waals surface area contributed by atoms with Crippen LogP contribution in [0.5, 0.6) is 0 Å². The van der Waals surface area contributed by atoms with E-state index in [2.05, 4.69) is 10.3 Å². The van der Waals surface area contributed by atoms with E-state index in [1.165, 1.54) is 0 Å². The maximum atomic E-state index is 12.1. The van der Waals surface area contributed by atoms with Crippen molar-refractivity contribution >= 4 is 40.0 Å². The zero-order chi connectivity index (χ0) is 14.3. The molecule has 3 rings (SSSR count). The van der Waals surface area contributed by atoms with Crippen LogP contribution in [-0.2, 0) is 0 Å². The number of nitrogens with one attached hydrogen (secondary N) is 2. The maximum Gasteiger partial charge on any atom is 0.269 e. The molecule has 0 saturated heterocycles. The fourth-order valence-electron chi connectivity index (χ4n) is 2.38. The lowest BCUT2D eigenvalue weighted by Gasteiger charge is -2.36. The molecule has 1 fully saturated rings. The average molecular weight is 313 g/mol. The van der Waals surface area contributed by atoms with E-state index in [1.54, 1.807) is 18.2 Å². The van der Waals surface area contributed by atoms with Crippen LogP contribution in [0.1, 0.15) is 29.8 Å². The van der Waals surface area contributed by atoms with Crippen molar-refractivity contribution in [2.24, 2.45) is 0 Å². The van der Waals surface area contributed by atoms with Gasteiger partial charge >= 0.3 is 0 Å². The highest BCUT2D eigenvalue weighted by Crippen LogP contribution is 2.32. The van der Waals surface area contributed by atoms with Crippen LogP contribution in [0, 0.1) is 0 Å². The third-order valence-corrected chi connectivity index (χ3v) is 4.41. The number of amides is 1. The first-order valence-electron chi connectivity index (χ1n) is 6.46. The quantitative estimate of drug-likeness (QED) is 0.815. The van der Waals surface area contributed by atoms with Crippen molar-refractivity contribution in [2.75, 3.05) is 6.54 Å². The van der Waals surface area contributed by atoms with Crippen LogP contribution in [-0.4, -0.2) is 28.1 Å². The number of fused-ring (bicyclic) bond motifs is 1. The molecule has 1 aromatic carbocycles. The maximum absolute atomic E-state index is 12.1. The Hall–Kier alpha value is -1.23. The van der Waals surface area contributed by atoms with Crippen molar-refractivity contribution in [1.29, 1.82) is 0 Å². The molecular weight excluding hydrogens is 299 g/mol. The average Bonchev–Trinajstić information content (AvgIpc) is 2.71. The van der Waals surface area contributed by atoms with Crippen molar-refractivity contribution in [3.8, 4) is 0 Å². The van der Waals surface area contributed by atoms with Crippen LogP contribution in [0.3, 0.4) is 0 Å². The molecule has 1 amide bonds. The van der Waals surface area contributed by atoms with Crippen molar-refractivity contribution < 1.29 is 9.90 Å². The summed E-state index contributed by atoms with van der Waals surface area (Å²) >= 11 is 12.1. The van der Waals surface area contributed by atoms with Gasteiger partial charge in [-0.05, 0) is 37.5 Å². The number of aromatic amines is 1. The lowest BCUT2D eigenvalue weighted by atomic mass is 9.80. The molecule has 1 aliphatic carbocycles. The molecule has 1 heterocycles. The number of aromatic nitrogens is 1. The topological polar surface area (TPSA) is 65.1 Å². The number of benzene rings is 1. The number of halogens is 2. The predicted molar refractivity (Wildman–Crippen MR) is 79.5 cm³/mol. The number of carbonyl (C=O) groups is 1. The van der Waals surface area contributed by atoms with Crippen molar-refractivity contribution in [2.45, 2.75) is 24.9 Å². The van der Waals surface area contributed by atoms with Crippen LogP contribution in [0.25, 0.3) is 10.9 Å². The van der Waals surface area contributed by atoms with Crippen LogP contribution in [0.4, 0.5) is 0 Å². The molecule has 0 atom stereocenters. The van der Waals surface area contributed by atoms with Crippen LogP contribution < -0.4 is 5.32 Å². The van der Waals surface area contributed by atoms with Gasteiger partial charge in [-0.25, -0.2) is 0 Å². The molecule has 0 unspecified atom stereocenters. The summed E-state index contributed by atoms with van der Waals surface area (Å²) in [6, 6.07) is 5.22. The molecule has 106 valence electrons. The number of carbonyl (C=O) groups excluding carboxylic acids is 1. The smallest absolute Gasteiger partial charge is 0.269 e. The first-order valence-corrected chi connectivity index (χ1v) is 7.21. The lowest BCUT2D eigenvalue weighted by molar-refractivity contribution is -0.0300. The Morgan fingerprint density at radius 2 is 2.15 bits per heavy atom. The van der Waals surface area contributed by atoms with Gasteiger partial charge in [0.05, 0.1) is 10.6 Å². The molecule has 2 aromatic rings. The number of rotatable bonds is 3. The van der Waals surface area contributed by atoms with Crippen LogP contribution >= 0.6 is 23.2 Å². The summed E-state index contributed by atoms with van der Waals surface area (Å²) in [6.07, 6.45) is 2.45. The Bertz CT molecular complexity index is 677. The van der Waals surface area contributed by atoms with Gasteiger partial charge in [0.25, 0.3) is 5.91 Å². The minimum absolute atomic E-state index is 0.248. The van der Waals surface area contributed by atoms with Gasteiger partial charge in [0.15, 0.2) is 0 Å². The fraction of sp³-hybridized carbons (Fsp3) is 0.357. The highest BCUT2D eigenvalue weighted by atomic mass is 35.5. The molecule has 0 bridgehead atoms. The summed E-state index contributed by atoms with van der Waals surface area (Å²) in [4.78, 5) is 15.1. The molecule has 1 aliphatic rings. The molecule has 1 saturated carbocycles. The van der Waals surface area contributed by atoms with E-state index in [1.807, 2.05) is 0 Å². The van der Waals surface area contributed by atoms with Gasteiger partial charge in [0.1, 0.15) is 5.69 Å². The number of hydrogen-bond donors (Lipinski definition) is 3. The summed E-state index contributed by atoms with van der Waals surface area (Å²) in [5.74, 6) is -0.317. The molecule has 6 heteroatoms. The van der Waals surface area contributed by atoms with Gasteiger partial charge in [0.2, 0.25) is 0 Å². The van der Waals surface area contributed by atoms with E-state index in [4.69, 9.17) is 23.2 Å². The number of aliphatic hydroxyl groups is 1. The number of hydrogen-bond acceptors (Lipinski definition) is 2. The summed E-state index contributed by atoms with van der Waals surface area (Å²) in [5.41, 5.74) is 0.302. The van der Waals surface area contributed by atoms with Crippen LogP contribution in [0.2, 0.25) is 10.0 Å². The summed E-state index contributed by atoms with van der Waals surface area (Å²) < 4.78 is 0. The van der Waals surface area contributed by atoms with Gasteiger partial charge in [-0.2, -0.15) is 0 Å². The minimum Gasteiger partial charge on any atom is -0.388 e. The van der Waals surface area contributed by atoms with E-state index in [-0.39, 0.29) is 12.5 Å².